The van der Waals surface area contributed by atoms with Gasteiger partial charge >= 0.3 is 0 Å². The van der Waals surface area contributed by atoms with Gasteiger partial charge in [0.2, 0.25) is 0 Å². The molecule has 4 nitrogen and oxygen atoms in total. The van der Waals surface area contributed by atoms with Gasteiger partial charge in [0.25, 0.3) is 0 Å². The molecule has 4 heteroatoms. The predicted octanol–water partition coefficient (Wildman–Crippen LogP) is 3.55. The number of methoxy groups -OCH3 is 1. The number of hydrogen-bond acceptors (Lipinski definition) is 4. The van der Waals surface area contributed by atoms with Gasteiger partial charge in [-0.3, -0.25) is 0 Å². The zero-order valence-electron chi connectivity index (χ0n) is 13.9. The third-order valence-corrected chi connectivity index (χ3v) is 5.02. The summed E-state index contributed by atoms with van der Waals surface area (Å²) >= 11 is 0. The highest BCUT2D eigenvalue weighted by Gasteiger charge is 2.34. The predicted molar refractivity (Wildman–Crippen MR) is 87.8 cm³/mol. The standard InChI is InChI=1S/C18H27NO3/c1-13-14(2)19(10-12-22-17-9-4-5-11-21-17)15-7-6-8-16(20-3)18(13)15/h6-8,13-14,17H,4-5,9-12H2,1-3H3. The first-order valence-corrected chi connectivity index (χ1v) is 8.39. The van der Waals surface area contributed by atoms with Crippen LogP contribution in [0.5, 0.6) is 5.75 Å². The third-order valence-electron chi connectivity index (χ3n) is 5.02. The summed E-state index contributed by atoms with van der Waals surface area (Å²) in [6.07, 6.45) is 3.39. The molecule has 1 fully saturated rings. The van der Waals surface area contributed by atoms with E-state index in [2.05, 4.69) is 36.9 Å². The van der Waals surface area contributed by atoms with Crippen LogP contribution < -0.4 is 9.64 Å². The minimum atomic E-state index is -0.00568. The van der Waals surface area contributed by atoms with Crippen molar-refractivity contribution in [1.82, 2.24) is 0 Å². The van der Waals surface area contributed by atoms with E-state index in [1.54, 1.807) is 7.11 Å². The van der Waals surface area contributed by atoms with E-state index in [9.17, 15) is 0 Å². The number of anilines is 1. The molecule has 0 spiro atoms. The van der Waals surface area contributed by atoms with Crippen molar-refractivity contribution in [1.29, 1.82) is 0 Å². The van der Waals surface area contributed by atoms with Gasteiger partial charge in [0.15, 0.2) is 6.29 Å². The van der Waals surface area contributed by atoms with Gasteiger partial charge in [-0.15, -0.1) is 0 Å². The Bertz CT molecular complexity index is 499. The molecule has 3 unspecified atom stereocenters. The van der Waals surface area contributed by atoms with Crippen molar-refractivity contribution in [3.05, 3.63) is 23.8 Å². The zero-order valence-corrected chi connectivity index (χ0v) is 13.9. The molecule has 2 aliphatic rings. The van der Waals surface area contributed by atoms with Crippen LogP contribution in [0.1, 0.15) is 44.6 Å². The summed E-state index contributed by atoms with van der Waals surface area (Å²) in [5.74, 6) is 1.47. The van der Waals surface area contributed by atoms with Gasteiger partial charge in [-0.25, -0.2) is 0 Å². The quantitative estimate of drug-likeness (QED) is 0.832. The van der Waals surface area contributed by atoms with Gasteiger partial charge in [0.05, 0.1) is 13.7 Å². The minimum Gasteiger partial charge on any atom is -0.496 e. The second-order valence-electron chi connectivity index (χ2n) is 6.28. The number of fused-ring (bicyclic) bond motifs is 1. The Kier molecular flexibility index (Phi) is 4.89. The van der Waals surface area contributed by atoms with Gasteiger partial charge in [0, 0.05) is 36.4 Å². The minimum absolute atomic E-state index is 0.00568. The molecule has 3 atom stereocenters. The van der Waals surface area contributed by atoms with E-state index in [-0.39, 0.29) is 6.29 Å². The summed E-state index contributed by atoms with van der Waals surface area (Å²) < 4.78 is 17.1. The molecule has 0 aromatic heterocycles. The van der Waals surface area contributed by atoms with Crippen LogP contribution in [0.3, 0.4) is 0 Å². The van der Waals surface area contributed by atoms with Crippen LogP contribution in [0, 0.1) is 0 Å². The van der Waals surface area contributed by atoms with Crippen LogP contribution in [-0.4, -0.2) is 39.2 Å². The summed E-state index contributed by atoms with van der Waals surface area (Å²) in [6.45, 7) is 6.99. The first kappa shape index (κ1) is 15.6. The molecule has 0 amide bonds. The van der Waals surface area contributed by atoms with Crippen molar-refractivity contribution < 1.29 is 14.2 Å². The fourth-order valence-electron chi connectivity index (χ4n) is 3.60. The Morgan fingerprint density at radius 2 is 2.14 bits per heavy atom. The Morgan fingerprint density at radius 1 is 1.27 bits per heavy atom. The summed E-state index contributed by atoms with van der Waals surface area (Å²) in [4.78, 5) is 2.44. The van der Waals surface area contributed by atoms with Crippen LogP contribution in [0.25, 0.3) is 0 Å². The average Bonchev–Trinajstić information content (AvgIpc) is 2.81. The molecular weight excluding hydrogens is 278 g/mol. The van der Waals surface area contributed by atoms with Crippen molar-refractivity contribution in [2.24, 2.45) is 0 Å². The fourth-order valence-corrected chi connectivity index (χ4v) is 3.60. The molecule has 3 rings (SSSR count). The molecule has 1 aromatic carbocycles. The lowest BCUT2D eigenvalue weighted by atomic mass is 9.97. The molecule has 22 heavy (non-hydrogen) atoms. The lowest BCUT2D eigenvalue weighted by Gasteiger charge is -2.28. The average molecular weight is 305 g/mol. The van der Waals surface area contributed by atoms with Crippen LogP contribution in [0.15, 0.2) is 18.2 Å². The summed E-state index contributed by atoms with van der Waals surface area (Å²) in [6, 6.07) is 6.77. The van der Waals surface area contributed by atoms with E-state index in [4.69, 9.17) is 14.2 Å². The molecular formula is C18H27NO3. The normalized spacial score (nSPS) is 27.8. The maximum Gasteiger partial charge on any atom is 0.157 e. The maximum absolute atomic E-state index is 5.90. The molecule has 0 bridgehead atoms. The second-order valence-corrected chi connectivity index (χ2v) is 6.28. The largest absolute Gasteiger partial charge is 0.496 e. The summed E-state index contributed by atoms with van der Waals surface area (Å²) in [5, 5.41) is 0. The Labute approximate surface area is 133 Å². The highest BCUT2D eigenvalue weighted by Crippen LogP contribution is 2.45. The maximum atomic E-state index is 5.90. The molecule has 0 radical (unpaired) electrons. The number of benzene rings is 1. The molecule has 0 N–H and O–H groups in total. The van der Waals surface area contributed by atoms with E-state index in [0.29, 0.717) is 18.6 Å². The van der Waals surface area contributed by atoms with Crippen molar-refractivity contribution in [3.8, 4) is 5.75 Å². The van der Waals surface area contributed by atoms with E-state index >= 15 is 0 Å². The zero-order chi connectivity index (χ0) is 15.5. The van der Waals surface area contributed by atoms with E-state index < -0.39 is 0 Å². The first-order chi connectivity index (χ1) is 10.7. The molecule has 0 aliphatic carbocycles. The third kappa shape index (κ3) is 2.95. The Hall–Kier alpha value is -1.26. The van der Waals surface area contributed by atoms with Gasteiger partial charge in [-0.1, -0.05) is 13.0 Å². The highest BCUT2D eigenvalue weighted by molar-refractivity contribution is 5.66. The van der Waals surface area contributed by atoms with Crippen LogP contribution in [0.4, 0.5) is 5.69 Å². The summed E-state index contributed by atoms with van der Waals surface area (Å²) in [5.41, 5.74) is 2.61. The van der Waals surface area contributed by atoms with Gasteiger partial charge in [-0.05, 0) is 38.3 Å². The van der Waals surface area contributed by atoms with Crippen LogP contribution >= 0.6 is 0 Å². The van der Waals surface area contributed by atoms with Crippen molar-refractivity contribution in [2.45, 2.75) is 51.4 Å². The van der Waals surface area contributed by atoms with Crippen LogP contribution in [-0.2, 0) is 9.47 Å². The lowest BCUT2D eigenvalue weighted by molar-refractivity contribution is -0.160. The topological polar surface area (TPSA) is 30.9 Å². The highest BCUT2D eigenvalue weighted by atomic mass is 16.7. The van der Waals surface area contributed by atoms with Crippen molar-refractivity contribution >= 4 is 5.69 Å². The molecule has 2 heterocycles. The van der Waals surface area contributed by atoms with E-state index in [0.717, 1.165) is 31.7 Å². The Balaban J connectivity index is 1.65. The van der Waals surface area contributed by atoms with E-state index in [1.165, 1.54) is 17.7 Å². The van der Waals surface area contributed by atoms with Gasteiger partial charge in [0.1, 0.15) is 5.75 Å². The van der Waals surface area contributed by atoms with Gasteiger partial charge in [-0.2, -0.15) is 0 Å². The fraction of sp³-hybridized carbons (Fsp3) is 0.667. The number of hydrogen-bond donors (Lipinski definition) is 0. The number of rotatable bonds is 5. The molecule has 0 saturated carbocycles. The molecule has 2 aliphatic heterocycles. The monoisotopic (exact) mass is 305 g/mol. The van der Waals surface area contributed by atoms with Crippen LogP contribution in [0.2, 0.25) is 0 Å². The smallest absolute Gasteiger partial charge is 0.157 e. The molecule has 122 valence electrons. The number of ether oxygens (including phenoxy) is 3. The lowest BCUT2D eigenvalue weighted by Crippen LogP contribution is -2.35. The molecule has 1 aromatic rings. The second kappa shape index (κ2) is 6.88. The summed E-state index contributed by atoms with van der Waals surface area (Å²) in [7, 11) is 1.75. The van der Waals surface area contributed by atoms with Crippen molar-refractivity contribution in [2.75, 3.05) is 31.8 Å². The van der Waals surface area contributed by atoms with E-state index in [1.807, 2.05) is 0 Å². The van der Waals surface area contributed by atoms with Gasteiger partial charge < -0.3 is 19.1 Å². The molecule has 1 saturated heterocycles. The SMILES string of the molecule is COc1cccc2c1C(C)C(C)N2CCOC1CCCCO1. The first-order valence-electron chi connectivity index (χ1n) is 8.39. The Morgan fingerprint density at radius 3 is 2.86 bits per heavy atom. The number of nitrogens with zero attached hydrogens (tertiary/aromatic N) is 1. The van der Waals surface area contributed by atoms with Crippen molar-refractivity contribution in [3.63, 3.8) is 0 Å².